The number of anilines is 1. The third-order valence-corrected chi connectivity index (χ3v) is 5.28. The van der Waals surface area contributed by atoms with Crippen LogP contribution < -0.4 is 16.6 Å². The molecule has 0 fully saturated rings. The number of rotatable bonds is 6. The van der Waals surface area contributed by atoms with Crippen LogP contribution in [-0.2, 0) is 17.9 Å². The third-order valence-electron chi connectivity index (χ3n) is 4.08. The van der Waals surface area contributed by atoms with E-state index in [1.807, 2.05) is 6.92 Å². The smallest absolute Gasteiger partial charge is 0.323 e. The Bertz CT molecular complexity index is 1120. The molecule has 0 unspecified atom stereocenters. The van der Waals surface area contributed by atoms with E-state index in [0.717, 1.165) is 12.5 Å². The lowest BCUT2D eigenvalue weighted by molar-refractivity contribution is -0.116. The Morgan fingerprint density at radius 1 is 1.26 bits per heavy atom. The van der Waals surface area contributed by atoms with E-state index in [1.54, 1.807) is 11.4 Å². The monoisotopic (exact) mass is 409 g/mol. The molecule has 0 aliphatic rings. The highest BCUT2D eigenvalue weighted by Crippen LogP contribution is 2.22. The van der Waals surface area contributed by atoms with Gasteiger partial charge in [-0.25, -0.2) is 9.18 Å². The van der Waals surface area contributed by atoms with E-state index in [2.05, 4.69) is 5.32 Å². The summed E-state index contributed by atoms with van der Waals surface area (Å²) >= 11 is 7.15. The van der Waals surface area contributed by atoms with Gasteiger partial charge in [0.15, 0.2) is 0 Å². The number of hydrogen-bond acceptors (Lipinski definition) is 4. The average Bonchev–Trinajstić information content (AvgIpc) is 3.11. The lowest BCUT2D eigenvalue weighted by atomic mass is 10.3. The Hall–Kier alpha value is -2.45. The Morgan fingerprint density at radius 3 is 2.74 bits per heavy atom. The summed E-state index contributed by atoms with van der Waals surface area (Å²) in [6.07, 6.45) is 1.52. The zero-order chi connectivity index (χ0) is 19.6. The molecule has 0 spiro atoms. The van der Waals surface area contributed by atoms with Crippen LogP contribution in [0.5, 0.6) is 0 Å². The number of nitrogens with one attached hydrogen (secondary N) is 1. The lowest BCUT2D eigenvalue weighted by Gasteiger charge is -2.12. The summed E-state index contributed by atoms with van der Waals surface area (Å²) in [5.74, 6) is -1.02. The second-order valence-corrected chi connectivity index (χ2v) is 7.31. The molecule has 0 atom stereocenters. The van der Waals surface area contributed by atoms with Crippen LogP contribution in [0, 0.1) is 5.82 Å². The molecule has 3 rings (SSSR count). The van der Waals surface area contributed by atoms with Gasteiger partial charge in [0.2, 0.25) is 5.91 Å². The molecule has 1 aromatic carbocycles. The van der Waals surface area contributed by atoms with E-state index < -0.39 is 17.4 Å². The van der Waals surface area contributed by atoms with Crippen LogP contribution in [0.1, 0.15) is 19.8 Å². The van der Waals surface area contributed by atoms with E-state index >= 15 is 0 Å². The SMILES string of the molecule is CCCCn1c(=O)c2sccc2n(CC(=O)Nc2ccc(F)cc2Cl)c1=O. The minimum absolute atomic E-state index is 0.0595. The Labute approximate surface area is 162 Å². The van der Waals surface area contributed by atoms with E-state index in [0.29, 0.717) is 23.2 Å². The van der Waals surface area contributed by atoms with Gasteiger partial charge in [0, 0.05) is 6.54 Å². The van der Waals surface area contributed by atoms with Crippen LogP contribution >= 0.6 is 22.9 Å². The minimum Gasteiger partial charge on any atom is -0.323 e. The van der Waals surface area contributed by atoms with Gasteiger partial charge < -0.3 is 5.32 Å². The van der Waals surface area contributed by atoms with Gasteiger partial charge in [-0.3, -0.25) is 18.7 Å². The van der Waals surface area contributed by atoms with Crippen molar-refractivity contribution in [3.8, 4) is 0 Å². The van der Waals surface area contributed by atoms with Gasteiger partial charge in [-0.15, -0.1) is 11.3 Å². The standard InChI is InChI=1S/C18H17ClFN3O3S/c1-2-3-7-22-17(25)16-14(6-8-27-16)23(18(22)26)10-15(24)21-13-5-4-11(20)9-12(13)19/h4-6,8-9H,2-3,7,10H2,1H3,(H,21,24). The summed E-state index contributed by atoms with van der Waals surface area (Å²) < 4.78 is 16.0. The van der Waals surface area contributed by atoms with Crippen LogP contribution in [0.15, 0.2) is 39.2 Å². The maximum atomic E-state index is 13.1. The maximum absolute atomic E-state index is 13.1. The fourth-order valence-corrected chi connectivity index (χ4v) is 3.78. The quantitative estimate of drug-likeness (QED) is 0.677. The Morgan fingerprint density at radius 2 is 2.04 bits per heavy atom. The summed E-state index contributed by atoms with van der Waals surface area (Å²) in [6, 6.07) is 5.26. The predicted molar refractivity (Wildman–Crippen MR) is 105 cm³/mol. The van der Waals surface area contributed by atoms with Gasteiger partial charge in [-0.1, -0.05) is 24.9 Å². The van der Waals surface area contributed by atoms with E-state index in [1.165, 1.54) is 32.6 Å². The molecule has 1 N–H and O–H groups in total. The van der Waals surface area contributed by atoms with Gasteiger partial charge in [0.25, 0.3) is 5.56 Å². The van der Waals surface area contributed by atoms with E-state index in [-0.39, 0.29) is 22.8 Å². The predicted octanol–water partition coefficient (Wildman–Crippen LogP) is 3.46. The zero-order valence-electron chi connectivity index (χ0n) is 14.5. The number of unbranched alkanes of at least 4 members (excludes halogenated alkanes) is 1. The molecular weight excluding hydrogens is 393 g/mol. The van der Waals surface area contributed by atoms with Crippen molar-refractivity contribution >= 4 is 44.7 Å². The highest BCUT2D eigenvalue weighted by molar-refractivity contribution is 7.17. The molecule has 0 bridgehead atoms. The normalized spacial score (nSPS) is 11.1. The number of carbonyl (C=O) groups excluding carboxylic acids is 1. The largest absolute Gasteiger partial charge is 0.332 e. The van der Waals surface area contributed by atoms with Crippen LogP contribution in [0.25, 0.3) is 10.2 Å². The van der Waals surface area contributed by atoms with Gasteiger partial charge >= 0.3 is 5.69 Å². The molecular formula is C18H17ClFN3O3S. The minimum atomic E-state index is -0.528. The molecule has 2 aromatic heterocycles. The maximum Gasteiger partial charge on any atom is 0.332 e. The summed E-state index contributed by atoms with van der Waals surface area (Å²) in [6.45, 7) is 1.98. The zero-order valence-corrected chi connectivity index (χ0v) is 16.1. The van der Waals surface area contributed by atoms with Crippen molar-refractivity contribution in [1.29, 1.82) is 0 Å². The number of fused-ring (bicyclic) bond motifs is 1. The highest BCUT2D eigenvalue weighted by atomic mass is 35.5. The van der Waals surface area contributed by atoms with Crippen LogP contribution in [0.2, 0.25) is 5.02 Å². The van der Waals surface area contributed by atoms with Crippen molar-refractivity contribution in [3.63, 3.8) is 0 Å². The molecule has 9 heteroatoms. The van der Waals surface area contributed by atoms with Crippen molar-refractivity contribution in [3.05, 3.63) is 61.3 Å². The fraction of sp³-hybridized carbons (Fsp3) is 0.278. The topological polar surface area (TPSA) is 73.1 Å². The van der Waals surface area contributed by atoms with Gasteiger partial charge in [0.05, 0.1) is 16.2 Å². The number of nitrogens with zero attached hydrogens (tertiary/aromatic N) is 2. The first kappa shape index (κ1) is 19.3. The van der Waals surface area contributed by atoms with Gasteiger partial charge in [-0.2, -0.15) is 0 Å². The summed E-state index contributed by atoms with van der Waals surface area (Å²) in [4.78, 5) is 37.8. The van der Waals surface area contributed by atoms with Crippen molar-refractivity contribution in [2.45, 2.75) is 32.9 Å². The number of benzene rings is 1. The Kier molecular flexibility index (Phi) is 5.76. The molecule has 0 aliphatic heterocycles. The van der Waals surface area contributed by atoms with Crippen molar-refractivity contribution < 1.29 is 9.18 Å². The molecule has 142 valence electrons. The van der Waals surface area contributed by atoms with Gasteiger partial charge in [-0.05, 0) is 36.1 Å². The second kappa shape index (κ2) is 8.06. The van der Waals surface area contributed by atoms with E-state index in [4.69, 9.17) is 11.6 Å². The molecule has 6 nitrogen and oxygen atoms in total. The number of aromatic nitrogens is 2. The fourth-order valence-electron chi connectivity index (χ4n) is 2.72. The highest BCUT2D eigenvalue weighted by Gasteiger charge is 2.16. The summed E-state index contributed by atoms with van der Waals surface area (Å²) in [7, 11) is 0. The Balaban J connectivity index is 1.96. The summed E-state index contributed by atoms with van der Waals surface area (Å²) in [5, 5.41) is 4.33. The lowest BCUT2D eigenvalue weighted by Crippen LogP contribution is -2.41. The first-order chi connectivity index (χ1) is 12.9. The molecule has 0 saturated carbocycles. The molecule has 2 heterocycles. The molecule has 0 saturated heterocycles. The first-order valence-electron chi connectivity index (χ1n) is 8.38. The summed E-state index contributed by atoms with van der Waals surface area (Å²) in [5.41, 5.74) is -0.198. The van der Waals surface area contributed by atoms with Gasteiger partial charge in [0.1, 0.15) is 17.1 Å². The molecule has 3 aromatic rings. The average molecular weight is 410 g/mol. The first-order valence-corrected chi connectivity index (χ1v) is 9.64. The van der Waals surface area contributed by atoms with Crippen LogP contribution in [0.4, 0.5) is 10.1 Å². The molecule has 27 heavy (non-hydrogen) atoms. The van der Waals surface area contributed by atoms with Crippen molar-refractivity contribution in [1.82, 2.24) is 9.13 Å². The van der Waals surface area contributed by atoms with Crippen molar-refractivity contribution in [2.75, 3.05) is 5.32 Å². The number of thiophene rings is 1. The van der Waals surface area contributed by atoms with Crippen LogP contribution in [0.3, 0.4) is 0 Å². The van der Waals surface area contributed by atoms with E-state index in [9.17, 15) is 18.8 Å². The molecule has 0 radical (unpaired) electrons. The third kappa shape index (κ3) is 3.96. The molecule has 1 amide bonds. The second-order valence-electron chi connectivity index (χ2n) is 5.99. The number of hydrogen-bond donors (Lipinski definition) is 1. The number of carbonyl (C=O) groups is 1. The van der Waals surface area contributed by atoms with Crippen molar-refractivity contribution in [2.24, 2.45) is 0 Å². The number of halogens is 2. The molecule has 0 aliphatic carbocycles. The number of amides is 1. The van der Waals surface area contributed by atoms with Crippen LogP contribution in [-0.4, -0.2) is 15.0 Å².